The number of aromatic nitrogens is 1. The van der Waals surface area contributed by atoms with Crippen molar-refractivity contribution in [3.05, 3.63) is 71.4 Å². The van der Waals surface area contributed by atoms with Gasteiger partial charge in [0.05, 0.1) is 6.21 Å². The fourth-order valence-corrected chi connectivity index (χ4v) is 3.46. The molecule has 6 heteroatoms. The van der Waals surface area contributed by atoms with E-state index in [0.717, 1.165) is 33.5 Å². The Labute approximate surface area is 156 Å². The number of rotatable bonds is 4. The Morgan fingerprint density at radius 2 is 1.89 bits per heavy atom. The molecule has 0 unspecified atom stereocenters. The number of H-pyrrole nitrogens is 1. The molecule has 3 amide bonds. The summed E-state index contributed by atoms with van der Waals surface area (Å²) in [7, 11) is 0. The zero-order valence-electron chi connectivity index (χ0n) is 15.2. The average molecular weight is 360 g/mol. The van der Waals surface area contributed by atoms with E-state index in [1.807, 2.05) is 48.7 Å². The summed E-state index contributed by atoms with van der Waals surface area (Å²) < 4.78 is 0. The van der Waals surface area contributed by atoms with Crippen LogP contribution in [0.25, 0.3) is 10.9 Å². The summed E-state index contributed by atoms with van der Waals surface area (Å²) in [6.45, 7) is 3.79. The predicted molar refractivity (Wildman–Crippen MR) is 104 cm³/mol. The van der Waals surface area contributed by atoms with E-state index in [1.54, 1.807) is 13.1 Å². The number of hydrazone groups is 1. The number of fused-ring (bicyclic) bond motifs is 1. The molecule has 3 aromatic rings. The number of benzene rings is 2. The van der Waals surface area contributed by atoms with Crippen molar-refractivity contribution in [3.63, 3.8) is 0 Å². The zero-order chi connectivity index (χ0) is 19.0. The van der Waals surface area contributed by atoms with Crippen LogP contribution in [0.15, 0.2) is 59.8 Å². The molecule has 1 atom stereocenters. The van der Waals surface area contributed by atoms with Crippen molar-refractivity contribution in [2.24, 2.45) is 5.10 Å². The number of hydrogen-bond donors (Lipinski definition) is 2. The first-order chi connectivity index (χ1) is 13.0. The van der Waals surface area contributed by atoms with Crippen LogP contribution in [0.4, 0.5) is 4.79 Å². The molecular weight excluding hydrogens is 340 g/mol. The SMILES string of the molecule is CCc1cccc2c(/C=N/N3C(=O)N[C@](C)(c4ccccc4)C3=O)c[nH]c12. The highest BCUT2D eigenvalue weighted by atomic mass is 16.2. The smallest absolute Gasteiger partial charge is 0.346 e. The van der Waals surface area contributed by atoms with Crippen LogP contribution in [-0.2, 0) is 16.8 Å². The summed E-state index contributed by atoms with van der Waals surface area (Å²) >= 11 is 0. The predicted octanol–water partition coefficient (Wildman–Crippen LogP) is 3.53. The molecule has 1 aliphatic rings. The van der Waals surface area contributed by atoms with Crippen molar-refractivity contribution >= 4 is 29.1 Å². The van der Waals surface area contributed by atoms with Gasteiger partial charge in [0.1, 0.15) is 5.54 Å². The van der Waals surface area contributed by atoms with Gasteiger partial charge in [0.25, 0.3) is 5.91 Å². The third kappa shape index (κ3) is 2.70. The van der Waals surface area contributed by atoms with Gasteiger partial charge in [-0.15, -0.1) is 5.01 Å². The maximum Gasteiger partial charge on any atom is 0.346 e. The molecule has 0 saturated carbocycles. The first kappa shape index (κ1) is 17.0. The monoisotopic (exact) mass is 360 g/mol. The van der Waals surface area contributed by atoms with Crippen molar-refractivity contribution < 1.29 is 9.59 Å². The average Bonchev–Trinajstić information content (AvgIpc) is 3.20. The quantitative estimate of drug-likeness (QED) is 0.551. The van der Waals surface area contributed by atoms with E-state index in [1.165, 1.54) is 5.56 Å². The number of imide groups is 1. The summed E-state index contributed by atoms with van der Waals surface area (Å²) in [6, 6.07) is 14.7. The van der Waals surface area contributed by atoms with Gasteiger partial charge in [-0.05, 0) is 24.5 Å². The van der Waals surface area contributed by atoms with Crippen molar-refractivity contribution in [3.8, 4) is 0 Å². The fourth-order valence-electron chi connectivity index (χ4n) is 3.46. The minimum atomic E-state index is -1.12. The van der Waals surface area contributed by atoms with Crippen LogP contribution in [0.5, 0.6) is 0 Å². The number of carbonyl (C=O) groups excluding carboxylic acids is 2. The summed E-state index contributed by atoms with van der Waals surface area (Å²) in [5, 5.41) is 8.84. The molecule has 27 heavy (non-hydrogen) atoms. The molecule has 0 aliphatic carbocycles. The summed E-state index contributed by atoms with van der Waals surface area (Å²) in [4.78, 5) is 28.5. The van der Waals surface area contributed by atoms with Crippen LogP contribution in [0.2, 0.25) is 0 Å². The van der Waals surface area contributed by atoms with E-state index in [9.17, 15) is 9.59 Å². The number of nitrogens with zero attached hydrogens (tertiary/aromatic N) is 2. The van der Waals surface area contributed by atoms with E-state index >= 15 is 0 Å². The van der Waals surface area contributed by atoms with Gasteiger partial charge in [-0.25, -0.2) is 4.79 Å². The summed E-state index contributed by atoms with van der Waals surface area (Å²) in [6.07, 6.45) is 4.30. The number of amides is 3. The van der Waals surface area contributed by atoms with E-state index in [0.29, 0.717) is 0 Å². The topological polar surface area (TPSA) is 77.6 Å². The van der Waals surface area contributed by atoms with E-state index in [2.05, 4.69) is 28.4 Å². The highest BCUT2D eigenvalue weighted by Crippen LogP contribution is 2.29. The number of para-hydroxylation sites is 1. The van der Waals surface area contributed by atoms with Gasteiger partial charge in [0.2, 0.25) is 0 Å². The highest BCUT2D eigenvalue weighted by molar-refractivity contribution is 6.08. The van der Waals surface area contributed by atoms with Gasteiger partial charge in [-0.2, -0.15) is 5.10 Å². The normalized spacial score (nSPS) is 20.0. The van der Waals surface area contributed by atoms with E-state index in [4.69, 9.17) is 0 Å². The lowest BCUT2D eigenvalue weighted by atomic mass is 9.92. The molecule has 1 saturated heterocycles. The first-order valence-electron chi connectivity index (χ1n) is 8.90. The Balaban J connectivity index is 1.65. The molecule has 4 rings (SSSR count). The minimum absolute atomic E-state index is 0.399. The van der Waals surface area contributed by atoms with Crippen LogP contribution < -0.4 is 5.32 Å². The number of carbonyl (C=O) groups is 2. The molecule has 0 spiro atoms. The molecule has 2 aromatic carbocycles. The zero-order valence-corrected chi connectivity index (χ0v) is 15.2. The minimum Gasteiger partial charge on any atom is -0.360 e. The van der Waals surface area contributed by atoms with Crippen molar-refractivity contribution in [2.45, 2.75) is 25.8 Å². The second-order valence-corrected chi connectivity index (χ2v) is 6.72. The lowest BCUT2D eigenvalue weighted by Crippen LogP contribution is -2.40. The maximum absolute atomic E-state index is 12.9. The molecule has 2 heterocycles. The van der Waals surface area contributed by atoms with Crippen LogP contribution in [0, 0.1) is 0 Å². The van der Waals surface area contributed by atoms with Crippen LogP contribution in [0.3, 0.4) is 0 Å². The van der Waals surface area contributed by atoms with Crippen molar-refractivity contribution in [2.75, 3.05) is 0 Å². The lowest BCUT2D eigenvalue weighted by Gasteiger charge is -2.20. The molecule has 6 nitrogen and oxygen atoms in total. The Hall–Kier alpha value is -3.41. The Bertz CT molecular complexity index is 1050. The highest BCUT2D eigenvalue weighted by Gasteiger charge is 2.49. The Kier molecular flexibility index (Phi) is 4.03. The number of hydrogen-bond acceptors (Lipinski definition) is 3. The molecule has 136 valence electrons. The molecule has 2 N–H and O–H groups in total. The largest absolute Gasteiger partial charge is 0.360 e. The van der Waals surface area contributed by atoms with Gasteiger partial charge in [0, 0.05) is 22.7 Å². The number of urea groups is 1. The molecule has 1 aliphatic heterocycles. The summed E-state index contributed by atoms with van der Waals surface area (Å²) in [5.74, 6) is -0.399. The number of nitrogens with one attached hydrogen (secondary N) is 2. The second kappa shape index (κ2) is 6.39. The molecule has 1 fully saturated rings. The fraction of sp³-hybridized carbons (Fsp3) is 0.190. The van der Waals surface area contributed by atoms with Gasteiger partial charge < -0.3 is 10.3 Å². The van der Waals surface area contributed by atoms with Gasteiger partial charge >= 0.3 is 6.03 Å². The van der Waals surface area contributed by atoms with Gasteiger partial charge in [-0.3, -0.25) is 4.79 Å². The maximum atomic E-state index is 12.9. The van der Waals surface area contributed by atoms with Crippen LogP contribution in [0.1, 0.15) is 30.5 Å². The Morgan fingerprint density at radius 1 is 1.11 bits per heavy atom. The summed E-state index contributed by atoms with van der Waals surface area (Å²) in [5.41, 5.74) is 2.69. The second-order valence-electron chi connectivity index (χ2n) is 6.72. The van der Waals surface area contributed by atoms with E-state index in [-0.39, 0.29) is 0 Å². The molecule has 0 bridgehead atoms. The standard InChI is InChI=1S/C21H20N4O2/c1-3-14-8-7-11-17-15(12-22-18(14)17)13-23-25-19(26)21(2,24-20(25)27)16-9-5-4-6-10-16/h4-13,22H,3H2,1-2H3,(H,24,27)/b23-13+/t21-/m1/s1. The van der Waals surface area contributed by atoms with Crippen molar-refractivity contribution in [1.29, 1.82) is 0 Å². The van der Waals surface area contributed by atoms with Gasteiger partial charge in [0.15, 0.2) is 0 Å². The van der Waals surface area contributed by atoms with Gasteiger partial charge in [-0.1, -0.05) is 55.5 Å². The van der Waals surface area contributed by atoms with Crippen LogP contribution >= 0.6 is 0 Å². The molecular formula is C21H20N4O2. The van der Waals surface area contributed by atoms with Crippen molar-refractivity contribution in [1.82, 2.24) is 15.3 Å². The van der Waals surface area contributed by atoms with Crippen LogP contribution in [-0.4, -0.2) is 28.1 Å². The molecule has 1 aromatic heterocycles. The Morgan fingerprint density at radius 3 is 2.63 bits per heavy atom. The van der Waals surface area contributed by atoms with E-state index < -0.39 is 17.5 Å². The molecule has 0 radical (unpaired) electrons. The third-order valence-corrected chi connectivity index (χ3v) is 5.05. The first-order valence-corrected chi connectivity index (χ1v) is 8.90. The number of aromatic amines is 1. The lowest BCUT2D eigenvalue weighted by molar-refractivity contribution is -0.131. The number of aryl methyl sites for hydroxylation is 1. The third-order valence-electron chi connectivity index (χ3n) is 5.05.